The molecule has 0 saturated heterocycles. The van der Waals surface area contributed by atoms with Gasteiger partial charge in [-0.3, -0.25) is 9.59 Å². The molecule has 0 heterocycles. The number of methoxy groups -OCH3 is 1. The summed E-state index contributed by atoms with van der Waals surface area (Å²) in [4.78, 5) is 26.1. The van der Waals surface area contributed by atoms with Crippen molar-refractivity contribution >= 4 is 29.1 Å². The maximum atomic E-state index is 12.5. The van der Waals surface area contributed by atoms with Crippen molar-refractivity contribution in [2.24, 2.45) is 0 Å². The molecule has 0 aliphatic rings. The molecular formula is C18H19ClN2O3. The molecule has 24 heavy (non-hydrogen) atoms. The van der Waals surface area contributed by atoms with E-state index in [4.69, 9.17) is 16.3 Å². The number of amides is 2. The van der Waals surface area contributed by atoms with Gasteiger partial charge in [0.25, 0.3) is 5.91 Å². The van der Waals surface area contributed by atoms with Crippen LogP contribution in [0.15, 0.2) is 48.5 Å². The van der Waals surface area contributed by atoms with E-state index in [-0.39, 0.29) is 18.4 Å². The molecular weight excluding hydrogens is 328 g/mol. The van der Waals surface area contributed by atoms with Gasteiger partial charge in [-0.1, -0.05) is 17.7 Å². The van der Waals surface area contributed by atoms with Crippen molar-refractivity contribution in [3.8, 4) is 5.75 Å². The summed E-state index contributed by atoms with van der Waals surface area (Å²) in [6.45, 7) is 2.21. The van der Waals surface area contributed by atoms with E-state index in [2.05, 4.69) is 5.32 Å². The minimum absolute atomic E-state index is 0.0339. The van der Waals surface area contributed by atoms with E-state index in [1.807, 2.05) is 6.92 Å². The third-order valence-corrected chi connectivity index (χ3v) is 3.68. The first-order chi connectivity index (χ1) is 11.5. The number of likely N-dealkylation sites (N-methyl/N-ethyl adjacent to an activating group) is 1. The van der Waals surface area contributed by atoms with Crippen LogP contribution in [-0.4, -0.2) is 36.9 Å². The largest absolute Gasteiger partial charge is 0.497 e. The standard InChI is InChI=1S/C18H19ClN2O3/c1-3-21(18(23)13-5-4-6-14(19)11-13)12-17(22)20-15-7-9-16(24-2)10-8-15/h4-11H,3,12H2,1-2H3,(H,20,22). The van der Waals surface area contributed by atoms with Crippen LogP contribution in [0, 0.1) is 0 Å². The number of anilines is 1. The van der Waals surface area contributed by atoms with Gasteiger partial charge in [-0.25, -0.2) is 0 Å². The molecule has 0 atom stereocenters. The second-order valence-corrected chi connectivity index (χ2v) is 5.54. The highest BCUT2D eigenvalue weighted by Crippen LogP contribution is 2.16. The van der Waals surface area contributed by atoms with E-state index >= 15 is 0 Å². The number of carbonyl (C=O) groups excluding carboxylic acids is 2. The first kappa shape index (κ1) is 17.8. The van der Waals surface area contributed by atoms with E-state index in [1.54, 1.807) is 55.6 Å². The Balaban J connectivity index is 2.00. The topological polar surface area (TPSA) is 58.6 Å². The van der Waals surface area contributed by atoms with Crippen LogP contribution in [0.1, 0.15) is 17.3 Å². The van der Waals surface area contributed by atoms with Gasteiger partial charge in [0.15, 0.2) is 0 Å². The highest BCUT2D eigenvalue weighted by atomic mass is 35.5. The zero-order valence-corrected chi connectivity index (χ0v) is 14.3. The summed E-state index contributed by atoms with van der Waals surface area (Å²) < 4.78 is 5.07. The molecule has 0 radical (unpaired) electrons. The molecule has 0 spiro atoms. The first-order valence-corrected chi connectivity index (χ1v) is 7.90. The van der Waals surface area contributed by atoms with Gasteiger partial charge in [0.05, 0.1) is 7.11 Å². The third kappa shape index (κ3) is 4.73. The fourth-order valence-corrected chi connectivity index (χ4v) is 2.37. The lowest BCUT2D eigenvalue weighted by molar-refractivity contribution is -0.116. The average Bonchev–Trinajstić information content (AvgIpc) is 2.59. The molecule has 0 aliphatic heterocycles. The minimum Gasteiger partial charge on any atom is -0.497 e. The number of benzene rings is 2. The molecule has 1 N–H and O–H groups in total. The number of hydrogen-bond donors (Lipinski definition) is 1. The molecule has 0 fully saturated rings. The van der Waals surface area contributed by atoms with Gasteiger partial charge in [-0.2, -0.15) is 0 Å². The van der Waals surface area contributed by atoms with Crippen LogP contribution in [0.3, 0.4) is 0 Å². The zero-order valence-electron chi connectivity index (χ0n) is 13.6. The van der Waals surface area contributed by atoms with Crippen molar-refractivity contribution in [1.82, 2.24) is 4.90 Å². The Bertz CT molecular complexity index is 716. The zero-order chi connectivity index (χ0) is 17.5. The van der Waals surface area contributed by atoms with Crippen molar-refractivity contribution in [2.45, 2.75) is 6.92 Å². The lowest BCUT2D eigenvalue weighted by Gasteiger charge is -2.20. The number of hydrogen-bond acceptors (Lipinski definition) is 3. The van der Waals surface area contributed by atoms with Crippen LogP contribution in [0.25, 0.3) is 0 Å². The Morgan fingerprint density at radius 2 is 1.88 bits per heavy atom. The number of carbonyl (C=O) groups is 2. The Morgan fingerprint density at radius 3 is 2.46 bits per heavy atom. The highest BCUT2D eigenvalue weighted by molar-refractivity contribution is 6.31. The van der Waals surface area contributed by atoms with Gasteiger partial charge in [0.2, 0.25) is 5.91 Å². The fraction of sp³-hybridized carbons (Fsp3) is 0.222. The number of ether oxygens (including phenoxy) is 1. The third-order valence-electron chi connectivity index (χ3n) is 3.45. The lowest BCUT2D eigenvalue weighted by Crippen LogP contribution is -2.37. The number of nitrogens with one attached hydrogen (secondary N) is 1. The Labute approximate surface area is 146 Å². The molecule has 5 nitrogen and oxygen atoms in total. The van der Waals surface area contributed by atoms with Crippen molar-refractivity contribution < 1.29 is 14.3 Å². The Kier molecular flexibility index (Phi) is 6.21. The second-order valence-electron chi connectivity index (χ2n) is 5.11. The van der Waals surface area contributed by atoms with Crippen LogP contribution < -0.4 is 10.1 Å². The number of nitrogens with zero attached hydrogens (tertiary/aromatic N) is 1. The number of rotatable bonds is 6. The molecule has 2 aromatic rings. The maximum Gasteiger partial charge on any atom is 0.254 e. The van der Waals surface area contributed by atoms with Gasteiger partial charge in [0, 0.05) is 22.8 Å². The predicted molar refractivity (Wildman–Crippen MR) is 94.7 cm³/mol. The molecule has 0 saturated carbocycles. The minimum atomic E-state index is -0.266. The van der Waals surface area contributed by atoms with E-state index < -0.39 is 0 Å². The van der Waals surface area contributed by atoms with Crippen LogP contribution >= 0.6 is 11.6 Å². The Hall–Kier alpha value is -2.53. The maximum absolute atomic E-state index is 12.5. The molecule has 0 unspecified atom stereocenters. The predicted octanol–water partition coefficient (Wildman–Crippen LogP) is 3.45. The van der Waals surface area contributed by atoms with Gasteiger partial charge < -0.3 is 15.0 Å². The Morgan fingerprint density at radius 1 is 1.17 bits per heavy atom. The van der Waals surface area contributed by atoms with Gasteiger partial charge in [-0.15, -0.1) is 0 Å². The van der Waals surface area contributed by atoms with Crippen LogP contribution in [0.2, 0.25) is 5.02 Å². The molecule has 126 valence electrons. The second kappa shape index (κ2) is 8.36. The van der Waals surface area contributed by atoms with Crippen molar-refractivity contribution in [3.05, 3.63) is 59.1 Å². The summed E-state index contributed by atoms with van der Waals surface area (Å²) in [7, 11) is 1.58. The molecule has 2 amide bonds. The summed E-state index contributed by atoms with van der Waals surface area (Å²) in [6.07, 6.45) is 0. The summed E-state index contributed by atoms with van der Waals surface area (Å²) >= 11 is 5.91. The van der Waals surface area contributed by atoms with Crippen LogP contribution in [0.4, 0.5) is 5.69 Å². The van der Waals surface area contributed by atoms with Gasteiger partial charge in [0.1, 0.15) is 12.3 Å². The van der Waals surface area contributed by atoms with Crippen LogP contribution in [-0.2, 0) is 4.79 Å². The smallest absolute Gasteiger partial charge is 0.254 e. The quantitative estimate of drug-likeness (QED) is 0.871. The summed E-state index contributed by atoms with van der Waals surface area (Å²) in [5, 5.41) is 3.25. The fourth-order valence-electron chi connectivity index (χ4n) is 2.18. The lowest BCUT2D eigenvalue weighted by atomic mass is 10.2. The van der Waals surface area contributed by atoms with Crippen LogP contribution in [0.5, 0.6) is 5.75 Å². The highest BCUT2D eigenvalue weighted by Gasteiger charge is 2.17. The van der Waals surface area contributed by atoms with Crippen molar-refractivity contribution in [2.75, 3.05) is 25.5 Å². The van der Waals surface area contributed by atoms with Crippen molar-refractivity contribution in [1.29, 1.82) is 0 Å². The van der Waals surface area contributed by atoms with E-state index in [0.717, 1.165) is 0 Å². The molecule has 6 heteroatoms. The van der Waals surface area contributed by atoms with E-state index in [0.29, 0.717) is 28.6 Å². The number of halogens is 1. The van der Waals surface area contributed by atoms with E-state index in [9.17, 15) is 9.59 Å². The van der Waals surface area contributed by atoms with Gasteiger partial charge >= 0.3 is 0 Å². The summed E-state index contributed by atoms with van der Waals surface area (Å²) in [6, 6.07) is 13.7. The van der Waals surface area contributed by atoms with Crippen molar-refractivity contribution in [3.63, 3.8) is 0 Å². The molecule has 0 aliphatic carbocycles. The summed E-state index contributed by atoms with van der Waals surface area (Å²) in [5.74, 6) is 0.210. The monoisotopic (exact) mass is 346 g/mol. The normalized spacial score (nSPS) is 10.1. The van der Waals surface area contributed by atoms with Gasteiger partial charge in [-0.05, 0) is 49.4 Å². The average molecular weight is 347 g/mol. The molecule has 0 aromatic heterocycles. The molecule has 0 bridgehead atoms. The first-order valence-electron chi connectivity index (χ1n) is 7.52. The SMILES string of the molecule is CCN(CC(=O)Nc1ccc(OC)cc1)C(=O)c1cccc(Cl)c1. The summed E-state index contributed by atoms with van der Waals surface area (Å²) in [5.41, 5.74) is 1.11. The molecule has 2 aromatic carbocycles. The molecule has 2 rings (SSSR count). The van der Waals surface area contributed by atoms with E-state index in [1.165, 1.54) is 4.90 Å².